The number of carbonyl (C=O) groups excluding carboxylic acids is 1. The van der Waals surface area contributed by atoms with Crippen molar-refractivity contribution in [2.24, 2.45) is 0 Å². The van der Waals surface area contributed by atoms with Crippen molar-refractivity contribution in [2.45, 2.75) is 26.7 Å². The Morgan fingerprint density at radius 2 is 1.74 bits per heavy atom. The van der Waals surface area contributed by atoms with E-state index in [0.29, 0.717) is 18.8 Å². The van der Waals surface area contributed by atoms with Crippen molar-refractivity contribution >= 4 is 17.4 Å². The highest BCUT2D eigenvalue weighted by atomic mass is 16.2. The van der Waals surface area contributed by atoms with Crippen LogP contribution in [0.25, 0.3) is 0 Å². The second-order valence-electron chi connectivity index (χ2n) is 6.85. The number of amides is 1. The van der Waals surface area contributed by atoms with Gasteiger partial charge in [0.1, 0.15) is 11.5 Å². The van der Waals surface area contributed by atoms with Gasteiger partial charge >= 0.3 is 0 Å². The minimum atomic E-state index is 0.0190. The van der Waals surface area contributed by atoms with Gasteiger partial charge in [0.05, 0.1) is 0 Å². The first kappa shape index (κ1) is 19.1. The van der Waals surface area contributed by atoms with Gasteiger partial charge in [-0.05, 0) is 37.1 Å². The average molecular weight is 367 g/mol. The second kappa shape index (κ2) is 9.35. The Kier molecular flexibility index (Phi) is 6.63. The van der Waals surface area contributed by atoms with E-state index in [1.54, 1.807) is 12.4 Å². The number of aromatic nitrogens is 2. The Morgan fingerprint density at radius 1 is 1.00 bits per heavy atom. The van der Waals surface area contributed by atoms with E-state index in [4.69, 9.17) is 0 Å². The molecule has 0 spiro atoms. The van der Waals surface area contributed by atoms with Crippen LogP contribution in [-0.2, 0) is 0 Å². The first-order valence-electron chi connectivity index (χ1n) is 9.89. The van der Waals surface area contributed by atoms with Gasteiger partial charge in [-0.2, -0.15) is 0 Å². The molecule has 0 radical (unpaired) electrons. The lowest BCUT2D eigenvalue weighted by molar-refractivity contribution is 0.0740. The third-order valence-corrected chi connectivity index (χ3v) is 4.85. The van der Waals surface area contributed by atoms with Crippen molar-refractivity contribution in [3.63, 3.8) is 0 Å². The molecule has 0 bridgehead atoms. The Bertz CT molecular complexity index is 722. The normalized spacial score (nSPS) is 14.3. The van der Waals surface area contributed by atoms with E-state index in [2.05, 4.69) is 33.6 Å². The predicted octanol–water partition coefficient (Wildman–Crippen LogP) is 3.07. The molecule has 1 amide bonds. The van der Waals surface area contributed by atoms with Crippen LogP contribution >= 0.6 is 0 Å². The summed E-state index contributed by atoms with van der Waals surface area (Å²) in [5.74, 6) is 0.991. The number of anilines is 2. The van der Waals surface area contributed by atoms with E-state index in [9.17, 15) is 4.79 Å². The topological polar surface area (TPSA) is 52.6 Å². The summed E-state index contributed by atoms with van der Waals surface area (Å²) in [4.78, 5) is 28.1. The zero-order chi connectivity index (χ0) is 19.1. The molecule has 6 nitrogen and oxygen atoms in total. The zero-order valence-electron chi connectivity index (χ0n) is 16.3. The molecule has 1 saturated heterocycles. The summed E-state index contributed by atoms with van der Waals surface area (Å²) in [5.41, 5.74) is 1.63. The number of rotatable bonds is 7. The molecule has 1 aliphatic heterocycles. The van der Waals surface area contributed by atoms with E-state index in [1.807, 2.05) is 35.2 Å². The maximum Gasteiger partial charge on any atom is 0.272 e. The van der Waals surface area contributed by atoms with Crippen LogP contribution in [0.15, 0.2) is 42.7 Å². The average Bonchev–Trinajstić information content (AvgIpc) is 2.74. The Hall–Kier alpha value is -2.63. The van der Waals surface area contributed by atoms with Crippen LogP contribution in [0.2, 0.25) is 0 Å². The molecule has 0 N–H and O–H groups in total. The smallest absolute Gasteiger partial charge is 0.272 e. The van der Waals surface area contributed by atoms with Crippen molar-refractivity contribution < 1.29 is 4.79 Å². The summed E-state index contributed by atoms with van der Waals surface area (Å²) in [5, 5.41) is 0. The summed E-state index contributed by atoms with van der Waals surface area (Å²) >= 11 is 0. The van der Waals surface area contributed by atoms with Crippen LogP contribution in [0.3, 0.4) is 0 Å². The summed E-state index contributed by atoms with van der Waals surface area (Å²) in [6.45, 7) is 9.31. The van der Waals surface area contributed by atoms with Gasteiger partial charge in [0.25, 0.3) is 5.91 Å². The van der Waals surface area contributed by atoms with E-state index >= 15 is 0 Å². The van der Waals surface area contributed by atoms with Crippen LogP contribution in [0.4, 0.5) is 11.5 Å². The molecule has 0 atom stereocenters. The second-order valence-corrected chi connectivity index (χ2v) is 6.85. The monoisotopic (exact) mass is 367 g/mol. The van der Waals surface area contributed by atoms with Crippen molar-refractivity contribution in [1.29, 1.82) is 0 Å². The standard InChI is InChI=1S/C21H29N5O/c1-3-11-24(12-4-2)18-8-10-22-19(17-18)21(27)26-15-13-25(14-16-26)20-7-5-6-9-23-20/h5-10,17H,3-4,11-16H2,1-2H3. The van der Waals surface area contributed by atoms with Crippen LogP contribution < -0.4 is 9.80 Å². The van der Waals surface area contributed by atoms with Crippen molar-refractivity contribution in [1.82, 2.24) is 14.9 Å². The van der Waals surface area contributed by atoms with Gasteiger partial charge in [0, 0.05) is 57.3 Å². The summed E-state index contributed by atoms with van der Waals surface area (Å²) < 4.78 is 0. The first-order chi connectivity index (χ1) is 13.2. The molecule has 144 valence electrons. The van der Waals surface area contributed by atoms with Crippen LogP contribution in [0.1, 0.15) is 37.2 Å². The van der Waals surface area contributed by atoms with E-state index in [1.165, 1.54) is 0 Å². The molecule has 2 aromatic rings. The lowest BCUT2D eigenvalue weighted by atomic mass is 10.2. The molecule has 27 heavy (non-hydrogen) atoms. The highest BCUT2D eigenvalue weighted by molar-refractivity contribution is 5.93. The molecule has 2 aromatic heterocycles. The van der Waals surface area contributed by atoms with Crippen LogP contribution in [0.5, 0.6) is 0 Å². The van der Waals surface area contributed by atoms with Crippen LogP contribution in [0, 0.1) is 0 Å². The molecular formula is C21H29N5O. The maximum absolute atomic E-state index is 12.9. The Morgan fingerprint density at radius 3 is 2.37 bits per heavy atom. The van der Waals surface area contributed by atoms with Gasteiger partial charge in [0.2, 0.25) is 0 Å². The highest BCUT2D eigenvalue weighted by Crippen LogP contribution is 2.18. The zero-order valence-corrected chi connectivity index (χ0v) is 16.3. The number of hydrogen-bond acceptors (Lipinski definition) is 5. The fourth-order valence-electron chi connectivity index (χ4n) is 3.48. The first-order valence-corrected chi connectivity index (χ1v) is 9.89. The number of pyridine rings is 2. The van der Waals surface area contributed by atoms with Crippen molar-refractivity contribution in [3.8, 4) is 0 Å². The van der Waals surface area contributed by atoms with E-state index < -0.39 is 0 Å². The Balaban J connectivity index is 1.65. The third-order valence-electron chi connectivity index (χ3n) is 4.85. The molecule has 0 aromatic carbocycles. The van der Waals surface area contributed by atoms with Crippen molar-refractivity contribution in [2.75, 3.05) is 49.1 Å². The molecule has 6 heteroatoms. The SMILES string of the molecule is CCCN(CCC)c1ccnc(C(=O)N2CCN(c3ccccn3)CC2)c1. The van der Waals surface area contributed by atoms with Gasteiger partial charge in [-0.25, -0.2) is 4.98 Å². The lowest BCUT2D eigenvalue weighted by Crippen LogP contribution is -2.49. The predicted molar refractivity (Wildman–Crippen MR) is 109 cm³/mol. The molecule has 0 aliphatic carbocycles. The molecule has 0 unspecified atom stereocenters. The minimum Gasteiger partial charge on any atom is -0.371 e. The van der Waals surface area contributed by atoms with Gasteiger partial charge in [-0.3, -0.25) is 9.78 Å². The fraction of sp³-hybridized carbons (Fsp3) is 0.476. The number of nitrogens with zero attached hydrogens (tertiary/aromatic N) is 5. The van der Waals surface area contributed by atoms with E-state index in [-0.39, 0.29) is 5.91 Å². The van der Waals surface area contributed by atoms with E-state index in [0.717, 1.165) is 50.5 Å². The van der Waals surface area contributed by atoms with Gasteiger partial charge in [-0.1, -0.05) is 19.9 Å². The van der Waals surface area contributed by atoms with Gasteiger partial charge in [-0.15, -0.1) is 0 Å². The summed E-state index contributed by atoms with van der Waals surface area (Å²) in [6.07, 6.45) is 5.73. The molecule has 1 aliphatic rings. The quantitative estimate of drug-likeness (QED) is 0.753. The molecule has 1 fully saturated rings. The Labute approximate surface area is 161 Å². The summed E-state index contributed by atoms with van der Waals surface area (Å²) in [7, 11) is 0. The molecule has 0 saturated carbocycles. The maximum atomic E-state index is 12.9. The number of hydrogen-bond donors (Lipinski definition) is 0. The largest absolute Gasteiger partial charge is 0.371 e. The summed E-state index contributed by atoms with van der Waals surface area (Å²) in [6, 6.07) is 9.87. The third kappa shape index (κ3) is 4.76. The molecular weight excluding hydrogens is 338 g/mol. The van der Waals surface area contributed by atoms with Crippen LogP contribution in [-0.4, -0.2) is 60.0 Å². The van der Waals surface area contributed by atoms with Gasteiger partial charge in [0.15, 0.2) is 0 Å². The van der Waals surface area contributed by atoms with Crippen molar-refractivity contribution in [3.05, 3.63) is 48.4 Å². The number of carbonyl (C=O) groups is 1. The lowest BCUT2D eigenvalue weighted by Gasteiger charge is -2.35. The van der Waals surface area contributed by atoms with Gasteiger partial charge < -0.3 is 14.7 Å². The highest BCUT2D eigenvalue weighted by Gasteiger charge is 2.24. The number of piperazine rings is 1. The fourth-order valence-corrected chi connectivity index (χ4v) is 3.48. The molecule has 3 heterocycles. The molecule has 3 rings (SSSR count). The minimum absolute atomic E-state index is 0.0190.